The Morgan fingerprint density at radius 2 is 2.05 bits per heavy atom. The molecule has 0 saturated heterocycles. The zero-order chi connectivity index (χ0) is 15.5. The molecule has 0 atom stereocenters. The topological polar surface area (TPSA) is 88.9 Å². The van der Waals surface area contributed by atoms with Crippen molar-refractivity contribution in [2.24, 2.45) is 0 Å². The lowest BCUT2D eigenvalue weighted by Gasteiger charge is -2.14. The van der Waals surface area contributed by atoms with Crippen LogP contribution in [0.3, 0.4) is 0 Å². The summed E-state index contributed by atoms with van der Waals surface area (Å²) in [6.45, 7) is 6.33. The second-order valence-electron chi connectivity index (χ2n) is 4.74. The smallest absolute Gasteiger partial charge is 0.266 e. The highest BCUT2D eigenvalue weighted by Gasteiger charge is 2.21. The Kier molecular flexibility index (Phi) is 4.46. The minimum absolute atomic E-state index is 0.0554. The summed E-state index contributed by atoms with van der Waals surface area (Å²) in [5.74, 6) is 0.763. The van der Waals surface area contributed by atoms with E-state index in [2.05, 4.69) is 20.1 Å². The van der Waals surface area contributed by atoms with Crippen molar-refractivity contribution in [1.29, 1.82) is 0 Å². The molecule has 0 fully saturated rings. The molecule has 2 aromatic rings. The van der Waals surface area contributed by atoms with Crippen LogP contribution in [-0.4, -0.2) is 29.7 Å². The highest BCUT2D eigenvalue weighted by atomic mass is 32.2. The Balaban J connectivity index is 2.37. The number of rotatable bonds is 6. The summed E-state index contributed by atoms with van der Waals surface area (Å²) in [4.78, 5) is 4.18. The van der Waals surface area contributed by atoms with Gasteiger partial charge in [-0.3, -0.25) is 4.72 Å². The SMILES string of the molecule is CCNc1ncccc1S(=O)(=O)Nc1ccnn1C(C)C. The Morgan fingerprint density at radius 3 is 2.71 bits per heavy atom. The maximum absolute atomic E-state index is 12.5. The third-order valence-corrected chi connectivity index (χ3v) is 4.19. The zero-order valence-electron chi connectivity index (χ0n) is 12.2. The molecule has 0 bridgehead atoms. The summed E-state index contributed by atoms with van der Waals surface area (Å²) in [7, 11) is -3.73. The van der Waals surface area contributed by atoms with E-state index in [1.165, 1.54) is 6.07 Å². The van der Waals surface area contributed by atoms with Gasteiger partial charge in [-0.1, -0.05) is 0 Å². The van der Waals surface area contributed by atoms with E-state index < -0.39 is 10.0 Å². The fraction of sp³-hybridized carbons (Fsp3) is 0.385. The number of nitrogens with one attached hydrogen (secondary N) is 2. The van der Waals surface area contributed by atoms with Gasteiger partial charge < -0.3 is 5.32 Å². The van der Waals surface area contributed by atoms with Crippen LogP contribution >= 0.6 is 0 Å². The summed E-state index contributed by atoms with van der Waals surface area (Å²) < 4.78 is 29.2. The minimum atomic E-state index is -3.73. The first-order valence-corrected chi connectivity index (χ1v) is 8.19. The van der Waals surface area contributed by atoms with Crippen molar-refractivity contribution in [2.75, 3.05) is 16.6 Å². The lowest BCUT2D eigenvalue weighted by molar-refractivity contribution is 0.539. The van der Waals surface area contributed by atoms with E-state index in [1.54, 1.807) is 29.2 Å². The van der Waals surface area contributed by atoms with Crippen molar-refractivity contribution in [3.63, 3.8) is 0 Å². The van der Waals surface area contributed by atoms with E-state index in [9.17, 15) is 8.42 Å². The monoisotopic (exact) mass is 309 g/mol. The van der Waals surface area contributed by atoms with Gasteiger partial charge in [0, 0.05) is 24.8 Å². The normalized spacial score (nSPS) is 11.6. The standard InChI is InChI=1S/C13H19N5O2S/c1-4-14-13-11(6-5-8-15-13)21(19,20)17-12-7-9-16-18(12)10(2)3/h5-10,17H,4H2,1-3H3,(H,14,15). The van der Waals surface area contributed by atoms with Gasteiger partial charge in [-0.05, 0) is 32.9 Å². The fourth-order valence-corrected chi connectivity index (χ4v) is 3.09. The first-order valence-electron chi connectivity index (χ1n) is 6.71. The Hall–Kier alpha value is -2.09. The van der Waals surface area contributed by atoms with Crippen LogP contribution in [0.25, 0.3) is 0 Å². The molecule has 2 rings (SSSR count). The Bertz CT molecular complexity index is 709. The van der Waals surface area contributed by atoms with Crippen molar-refractivity contribution in [3.05, 3.63) is 30.6 Å². The number of hydrogen-bond donors (Lipinski definition) is 2. The number of pyridine rings is 1. The second kappa shape index (κ2) is 6.13. The van der Waals surface area contributed by atoms with Gasteiger partial charge in [0.15, 0.2) is 0 Å². The molecule has 0 aromatic carbocycles. The van der Waals surface area contributed by atoms with Crippen LogP contribution in [0, 0.1) is 0 Å². The minimum Gasteiger partial charge on any atom is -0.369 e. The average molecular weight is 309 g/mol. The predicted molar refractivity (Wildman–Crippen MR) is 81.8 cm³/mol. The summed E-state index contributed by atoms with van der Waals surface area (Å²) in [6.07, 6.45) is 3.11. The fourth-order valence-electron chi connectivity index (χ4n) is 1.91. The number of aromatic nitrogens is 3. The van der Waals surface area contributed by atoms with Gasteiger partial charge in [-0.2, -0.15) is 5.10 Å². The van der Waals surface area contributed by atoms with Crippen LogP contribution < -0.4 is 10.0 Å². The van der Waals surface area contributed by atoms with Crippen molar-refractivity contribution in [2.45, 2.75) is 31.7 Å². The second-order valence-corrected chi connectivity index (χ2v) is 6.39. The first-order chi connectivity index (χ1) is 9.95. The van der Waals surface area contributed by atoms with E-state index in [0.29, 0.717) is 18.2 Å². The van der Waals surface area contributed by atoms with E-state index in [0.717, 1.165) is 0 Å². The van der Waals surface area contributed by atoms with Gasteiger partial charge >= 0.3 is 0 Å². The quantitative estimate of drug-likeness (QED) is 0.853. The molecule has 0 radical (unpaired) electrons. The lowest BCUT2D eigenvalue weighted by atomic mass is 10.4. The van der Waals surface area contributed by atoms with Gasteiger partial charge in [0.25, 0.3) is 10.0 Å². The molecule has 0 amide bonds. The van der Waals surface area contributed by atoms with Crippen molar-refractivity contribution in [1.82, 2.24) is 14.8 Å². The zero-order valence-corrected chi connectivity index (χ0v) is 13.1. The molecule has 114 valence electrons. The molecule has 2 N–H and O–H groups in total. The number of hydrogen-bond acceptors (Lipinski definition) is 5. The molecule has 0 aliphatic rings. The van der Waals surface area contributed by atoms with Crippen molar-refractivity contribution < 1.29 is 8.42 Å². The average Bonchev–Trinajstić information content (AvgIpc) is 2.87. The van der Waals surface area contributed by atoms with Crippen molar-refractivity contribution >= 4 is 21.7 Å². The molecular formula is C13H19N5O2S. The van der Waals surface area contributed by atoms with E-state index >= 15 is 0 Å². The van der Waals surface area contributed by atoms with Crippen LogP contribution in [0.2, 0.25) is 0 Å². The first kappa shape index (κ1) is 15.3. The molecular weight excluding hydrogens is 290 g/mol. The summed E-state index contributed by atoms with van der Waals surface area (Å²) in [6, 6.07) is 4.79. The molecule has 0 aliphatic heterocycles. The van der Waals surface area contributed by atoms with E-state index in [4.69, 9.17) is 0 Å². The number of anilines is 2. The van der Waals surface area contributed by atoms with Gasteiger partial charge in [0.1, 0.15) is 16.5 Å². The Morgan fingerprint density at radius 1 is 1.29 bits per heavy atom. The number of nitrogens with zero attached hydrogens (tertiary/aromatic N) is 3. The maximum atomic E-state index is 12.5. The van der Waals surface area contributed by atoms with Crippen LogP contribution in [0.15, 0.2) is 35.5 Å². The van der Waals surface area contributed by atoms with Crippen LogP contribution in [0.4, 0.5) is 11.6 Å². The Labute approximate surface area is 124 Å². The van der Waals surface area contributed by atoms with Crippen molar-refractivity contribution in [3.8, 4) is 0 Å². The molecule has 0 spiro atoms. The van der Waals surface area contributed by atoms with Gasteiger partial charge in [-0.25, -0.2) is 18.1 Å². The summed E-state index contributed by atoms with van der Waals surface area (Å²) in [5.41, 5.74) is 0. The van der Waals surface area contributed by atoms with Gasteiger partial charge in [0.05, 0.1) is 6.20 Å². The highest BCUT2D eigenvalue weighted by molar-refractivity contribution is 7.92. The van der Waals surface area contributed by atoms with Crippen LogP contribution in [0.1, 0.15) is 26.8 Å². The van der Waals surface area contributed by atoms with Gasteiger partial charge in [-0.15, -0.1) is 0 Å². The molecule has 0 unspecified atom stereocenters. The molecule has 8 heteroatoms. The summed E-state index contributed by atoms with van der Waals surface area (Å²) >= 11 is 0. The highest BCUT2D eigenvalue weighted by Crippen LogP contribution is 2.22. The molecule has 0 aliphatic carbocycles. The van der Waals surface area contributed by atoms with E-state index in [1.807, 2.05) is 20.8 Å². The maximum Gasteiger partial charge on any atom is 0.266 e. The molecule has 0 saturated carbocycles. The molecule has 2 heterocycles. The number of sulfonamides is 1. The molecule has 21 heavy (non-hydrogen) atoms. The largest absolute Gasteiger partial charge is 0.369 e. The van der Waals surface area contributed by atoms with Crippen LogP contribution in [-0.2, 0) is 10.0 Å². The van der Waals surface area contributed by atoms with Crippen LogP contribution in [0.5, 0.6) is 0 Å². The third-order valence-electron chi connectivity index (χ3n) is 2.80. The molecule has 7 nitrogen and oxygen atoms in total. The van der Waals surface area contributed by atoms with E-state index in [-0.39, 0.29) is 10.9 Å². The molecule has 2 aromatic heterocycles. The third kappa shape index (κ3) is 3.33. The lowest BCUT2D eigenvalue weighted by Crippen LogP contribution is -2.19. The predicted octanol–water partition coefficient (Wildman–Crippen LogP) is 2.09. The summed E-state index contributed by atoms with van der Waals surface area (Å²) in [5, 5.41) is 7.06. The van der Waals surface area contributed by atoms with Gasteiger partial charge in [0.2, 0.25) is 0 Å².